The molecule has 0 radical (unpaired) electrons. The van der Waals surface area contributed by atoms with Crippen LogP contribution in [0.25, 0.3) is 0 Å². The largest absolute Gasteiger partial charge is 0.493 e. The van der Waals surface area contributed by atoms with Crippen molar-refractivity contribution in [3.8, 4) is 11.5 Å². The Balaban J connectivity index is 2.50. The van der Waals surface area contributed by atoms with Gasteiger partial charge in [-0.15, -0.1) is 0 Å². The van der Waals surface area contributed by atoms with Crippen molar-refractivity contribution in [3.05, 3.63) is 35.0 Å². The summed E-state index contributed by atoms with van der Waals surface area (Å²) in [5.41, 5.74) is 1.85. The van der Waals surface area contributed by atoms with Crippen molar-refractivity contribution >= 4 is 11.8 Å². The number of Topliss-reactive ketones (excluding diaryl/α,β-unsaturated/α-hetero) is 1. The maximum absolute atomic E-state index is 11.9. The number of amides is 2. The second-order valence-electron chi connectivity index (χ2n) is 4.74. The number of allylic oxidation sites excluding steroid dienone is 1. The molecule has 1 heterocycles. The fourth-order valence-corrected chi connectivity index (χ4v) is 2.44. The third-order valence-corrected chi connectivity index (χ3v) is 3.39. The standard InChI is InChI=1S/C15H18N2O4/c1-8-13(9(2)18)14(17-15(19)16-8)10-5-6-11(20-3)12(7-10)21-4/h5-7,14H,1-4H3,(H2,16,17,19)/t14-/m1/s1. The van der Waals surface area contributed by atoms with E-state index in [0.29, 0.717) is 22.8 Å². The number of nitrogens with one attached hydrogen (secondary N) is 2. The van der Waals surface area contributed by atoms with E-state index in [9.17, 15) is 9.59 Å². The number of hydrogen-bond acceptors (Lipinski definition) is 4. The van der Waals surface area contributed by atoms with Crippen LogP contribution < -0.4 is 20.1 Å². The van der Waals surface area contributed by atoms with Gasteiger partial charge in [0.2, 0.25) is 0 Å². The third-order valence-electron chi connectivity index (χ3n) is 3.39. The van der Waals surface area contributed by atoms with Gasteiger partial charge in [0.25, 0.3) is 0 Å². The summed E-state index contributed by atoms with van der Waals surface area (Å²) in [5.74, 6) is 1.04. The Bertz CT molecular complexity index is 622. The second kappa shape index (κ2) is 5.87. The zero-order chi connectivity index (χ0) is 15.6. The Morgan fingerprint density at radius 1 is 1.19 bits per heavy atom. The number of carbonyl (C=O) groups is 2. The maximum atomic E-state index is 11.9. The number of urea groups is 1. The van der Waals surface area contributed by atoms with Crippen LogP contribution in [0.2, 0.25) is 0 Å². The Labute approximate surface area is 123 Å². The molecule has 0 spiro atoms. The molecule has 0 bridgehead atoms. The van der Waals surface area contributed by atoms with Crippen LogP contribution in [0.1, 0.15) is 25.5 Å². The average Bonchev–Trinajstić information content (AvgIpc) is 2.45. The molecule has 1 aromatic carbocycles. The van der Waals surface area contributed by atoms with Crippen molar-refractivity contribution in [2.45, 2.75) is 19.9 Å². The summed E-state index contributed by atoms with van der Waals surface area (Å²) in [4.78, 5) is 23.6. The van der Waals surface area contributed by atoms with E-state index in [0.717, 1.165) is 5.56 Å². The summed E-state index contributed by atoms with van der Waals surface area (Å²) in [6.07, 6.45) is 0. The van der Waals surface area contributed by atoms with Gasteiger partial charge in [-0.2, -0.15) is 0 Å². The SMILES string of the molecule is COc1ccc([C@H]2NC(=O)NC(C)=C2C(C)=O)cc1OC. The lowest BCUT2D eigenvalue weighted by atomic mass is 9.93. The Morgan fingerprint density at radius 3 is 2.43 bits per heavy atom. The van der Waals surface area contributed by atoms with Gasteiger partial charge in [-0.3, -0.25) is 4.79 Å². The number of ketones is 1. The smallest absolute Gasteiger partial charge is 0.319 e. The third kappa shape index (κ3) is 2.84. The molecule has 0 aromatic heterocycles. The Morgan fingerprint density at radius 2 is 1.86 bits per heavy atom. The minimum absolute atomic E-state index is 0.0974. The predicted molar refractivity (Wildman–Crippen MR) is 77.3 cm³/mol. The summed E-state index contributed by atoms with van der Waals surface area (Å²) in [6.45, 7) is 3.19. The number of rotatable bonds is 4. The molecule has 112 valence electrons. The molecule has 6 nitrogen and oxygen atoms in total. The first-order chi connectivity index (χ1) is 9.97. The zero-order valence-electron chi connectivity index (χ0n) is 12.4. The minimum atomic E-state index is -0.504. The maximum Gasteiger partial charge on any atom is 0.319 e. The van der Waals surface area contributed by atoms with E-state index in [2.05, 4.69) is 10.6 Å². The summed E-state index contributed by atoms with van der Waals surface area (Å²) in [6, 6.07) is 4.46. The van der Waals surface area contributed by atoms with Crippen molar-refractivity contribution in [1.29, 1.82) is 0 Å². The molecule has 2 N–H and O–H groups in total. The van der Waals surface area contributed by atoms with Crippen molar-refractivity contribution < 1.29 is 19.1 Å². The van der Waals surface area contributed by atoms with Gasteiger partial charge in [-0.1, -0.05) is 6.07 Å². The highest BCUT2D eigenvalue weighted by atomic mass is 16.5. The fraction of sp³-hybridized carbons (Fsp3) is 0.333. The van der Waals surface area contributed by atoms with Crippen LogP contribution in [-0.2, 0) is 4.79 Å². The van der Waals surface area contributed by atoms with Crippen LogP contribution in [0.5, 0.6) is 11.5 Å². The van der Waals surface area contributed by atoms with E-state index in [4.69, 9.17) is 9.47 Å². The van der Waals surface area contributed by atoms with Crippen molar-refractivity contribution in [2.75, 3.05) is 14.2 Å². The molecule has 21 heavy (non-hydrogen) atoms. The van der Waals surface area contributed by atoms with Gasteiger partial charge in [-0.25, -0.2) is 4.79 Å². The number of methoxy groups -OCH3 is 2. The van der Waals surface area contributed by atoms with E-state index in [1.807, 2.05) is 0 Å². The zero-order valence-corrected chi connectivity index (χ0v) is 12.4. The summed E-state index contributed by atoms with van der Waals surface area (Å²) in [5, 5.41) is 5.37. The van der Waals surface area contributed by atoms with Gasteiger partial charge in [0.15, 0.2) is 17.3 Å². The topological polar surface area (TPSA) is 76.7 Å². The molecule has 1 aliphatic rings. The van der Waals surface area contributed by atoms with Gasteiger partial charge in [-0.05, 0) is 31.5 Å². The van der Waals surface area contributed by atoms with Crippen LogP contribution >= 0.6 is 0 Å². The van der Waals surface area contributed by atoms with Gasteiger partial charge in [0, 0.05) is 11.3 Å². The van der Waals surface area contributed by atoms with Crippen molar-refractivity contribution in [1.82, 2.24) is 10.6 Å². The number of ether oxygens (including phenoxy) is 2. The lowest BCUT2D eigenvalue weighted by molar-refractivity contribution is -0.114. The van der Waals surface area contributed by atoms with Gasteiger partial charge in [0.05, 0.1) is 20.3 Å². The summed E-state index contributed by atoms with van der Waals surface area (Å²) < 4.78 is 10.5. The minimum Gasteiger partial charge on any atom is -0.493 e. The molecule has 1 aromatic rings. The highest BCUT2D eigenvalue weighted by Crippen LogP contribution is 2.34. The second-order valence-corrected chi connectivity index (χ2v) is 4.74. The average molecular weight is 290 g/mol. The fourth-order valence-electron chi connectivity index (χ4n) is 2.44. The molecule has 1 atom stereocenters. The normalized spacial score (nSPS) is 17.9. The van der Waals surface area contributed by atoms with E-state index in [1.54, 1.807) is 32.2 Å². The van der Waals surface area contributed by atoms with Crippen LogP contribution in [0, 0.1) is 0 Å². The van der Waals surface area contributed by atoms with Gasteiger partial charge in [0.1, 0.15) is 0 Å². The van der Waals surface area contributed by atoms with Crippen LogP contribution in [0.4, 0.5) is 4.79 Å². The van der Waals surface area contributed by atoms with Crippen molar-refractivity contribution in [3.63, 3.8) is 0 Å². The molecular formula is C15H18N2O4. The Hall–Kier alpha value is -2.50. The molecule has 2 amide bonds. The molecule has 0 saturated carbocycles. The molecule has 0 fully saturated rings. The number of hydrogen-bond donors (Lipinski definition) is 2. The van der Waals surface area contributed by atoms with Crippen LogP contribution in [0.15, 0.2) is 29.5 Å². The lowest BCUT2D eigenvalue weighted by Crippen LogP contribution is -2.44. The summed E-state index contributed by atoms with van der Waals surface area (Å²) in [7, 11) is 3.09. The van der Waals surface area contributed by atoms with Crippen LogP contribution in [-0.4, -0.2) is 26.0 Å². The number of carbonyl (C=O) groups excluding carboxylic acids is 2. The van der Waals surface area contributed by atoms with E-state index in [1.165, 1.54) is 14.0 Å². The molecule has 2 rings (SSSR count). The van der Waals surface area contributed by atoms with E-state index in [-0.39, 0.29) is 11.8 Å². The molecule has 0 aliphatic carbocycles. The van der Waals surface area contributed by atoms with Crippen LogP contribution in [0.3, 0.4) is 0 Å². The summed E-state index contributed by atoms with van der Waals surface area (Å²) >= 11 is 0. The first kappa shape index (κ1) is 14.9. The molecule has 1 aliphatic heterocycles. The highest BCUT2D eigenvalue weighted by molar-refractivity contribution is 5.98. The Kier molecular flexibility index (Phi) is 4.16. The molecular weight excluding hydrogens is 272 g/mol. The van der Waals surface area contributed by atoms with E-state index < -0.39 is 6.04 Å². The van der Waals surface area contributed by atoms with E-state index >= 15 is 0 Å². The number of benzene rings is 1. The van der Waals surface area contributed by atoms with Gasteiger partial charge < -0.3 is 20.1 Å². The predicted octanol–water partition coefficient (Wildman–Crippen LogP) is 1.92. The first-order valence-electron chi connectivity index (χ1n) is 6.49. The highest BCUT2D eigenvalue weighted by Gasteiger charge is 2.29. The quantitative estimate of drug-likeness (QED) is 0.888. The van der Waals surface area contributed by atoms with Gasteiger partial charge >= 0.3 is 6.03 Å². The monoisotopic (exact) mass is 290 g/mol. The lowest BCUT2D eigenvalue weighted by Gasteiger charge is -2.28. The first-order valence-corrected chi connectivity index (χ1v) is 6.49. The molecule has 0 saturated heterocycles. The molecule has 6 heteroatoms. The molecule has 0 unspecified atom stereocenters. The van der Waals surface area contributed by atoms with Crippen molar-refractivity contribution in [2.24, 2.45) is 0 Å².